The van der Waals surface area contributed by atoms with Crippen molar-refractivity contribution in [2.45, 2.75) is 13.0 Å². The number of anilines is 2. The van der Waals surface area contributed by atoms with E-state index in [1.165, 1.54) is 0 Å². The molecule has 0 amide bonds. The van der Waals surface area contributed by atoms with E-state index in [0.29, 0.717) is 5.69 Å². The zero-order valence-corrected chi connectivity index (χ0v) is 9.09. The molecule has 2 aromatic heterocycles. The van der Waals surface area contributed by atoms with Crippen LogP contribution in [0.4, 0.5) is 11.5 Å². The third-order valence-electron chi connectivity index (χ3n) is 2.28. The lowest BCUT2D eigenvalue weighted by Gasteiger charge is -2.13. The van der Waals surface area contributed by atoms with Gasteiger partial charge in [-0.3, -0.25) is 4.98 Å². The number of pyridine rings is 2. The summed E-state index contributed by atoms with van der Waals surface area (Å²) < 4.78 is 0. The zero-order valence-electron chi connectivity index (χ0n) is 9.09. The van der Waals surface area contributed by atoms with Gasteiger partial charge in [0.2, 0.25) is 0 Å². The van der Waals surface area contributed by atoms with E-state index >= 15 is 0 Å². The zero-order chi connectivity index (χ0) is 11.4. The van der Waals surface area contributed by atoms with E-state index in [4.69, 9.17) is 5.73 Å². The Morgan fingerprint density at radius 3 is 2.69 bits per heavy atom. The maximum Gasteiger partial charge on any atom is 0.126 e. The molecule has 3 N–H and O–H groups in total. The minimum absolute atomic E-state index is 0.123. The van der Waals surface area contributed by atoms with Gasteiger partial charge in [0.15, 0.2) is 0 Å². The van der Waals surface area contributed by atoms with E-state index in [0.717, 1.165) is 11.5 Å². The number of hydrogen-bond donors (Lipinski definition) is 2. The fraction of sp³-hybridized carbons (Fsp3) is 0.167. The van der Waals surface area contributed by atoms with Crippen molar-refractivity contribution in [3.63, 3.8) is 0 Å². The van der Waals surface area contributed by atoms with Gasteiger partial charge < -0.3 is 11.1 Å². The van der Waals surface area contributed by atoms with Crippen molar-refractivity contribution in [3.05, 3.63) is 48.4 Å². The molecule has 2 rings (SSSR count). The molecule has 0 aliphatic heterocycles. The van der Waals surface area contributed by atoms with Gasteiger partial charge in [-0.05, 0) is 31.2 Å². The molecule has 2 heterocycles. The van der Waals surface area contributed by atoms with Crippen LogP contribution in [0.1, 0.15) is 18.7 Å². The van der Waals surface area contributed by atoms with E-state index in [-0.39, 0.29) is 6.04 Å². The highest BCUT2D eigenvalue weighted by Crippen LogP contribution is 2.15. The van der Waals surface area contributed by atoms with Gasteiger partial charge in [0, 0.05) is 6.20 Å². The van der Waals surface area contributed by atoms with Crippen molar-refractivity contribution in [1.29, 1.82) is 0 Å². The fourth-order valence-electron chi connectivity index (χ4n) is 1.42. The van der Waals surface area contributed by atoms with Crippen molar-refractivity contribution in [2.24, 2.45) is 0 Å². The van der Waals surface area contributed by atoms with Crippen LogP contribution in [0, 0.1) is 0 Å². The van der Waals surface area contributed by atoms with E-state index in [2.05, 4.69) is 15.3 Å². The summed E-state index contributed by atoms with van der Waals surface area (Å²) in [6.45, 7) is 2.04. The maximum atomic E-state index is 5.57. The van der Waals surface area contributed by atoms with E-state index in [9.17, 15) is 0 Å². The minimum atomic E-state index is 0.123. The van der Waals surface area contributed by atoms with Crippen LogP contribution in [0.5, 0.6) is 0 Å². The number of hydrogen-bond acceptors (Lipinski definition) is 4. The Labute approximate surface area is 94.5 Å². The average Bonchev–Trinajstić information content (AvgIpc) is 2.33. The van der Waals surface area contributed by atoms with Gasteiger partial charge in [-0.25, -0.2) is 4.98 Å². The molecule has 0 aliphatic rings. The summed E-state index contributed by atoms with van der Waals surface area (Å²) in [4.78, 5) is 8.46. The second-order valence-electron chi connectivity index (χ2n) is 3.60. The first kappa shape index (κ1) is 10.4. The fourth-order valence-corrected chi connectivity index (χ4v) is 1.42. The smallest absolute Gasteiger partial charge is 0.126 e. The Bertz CT molecular complexity index is 438. The highest BCUT2D eigenvalue weighted by Gasteiger charge is 2.05. The number of nitrogens with zero attached hydrogens (tertiary/aromatic N) is 2. The second kappa shape index (κ2) is 4.61. The largest absolute Gasteiger partial charge is 0.397 e. The molecule has 4 heteroatoms. The van der Waals surface area contributed by atoms with Crippen LogP contribution in [0.2, 0.25) is 0 Å². The molecular weight excluding hydrogens is 200 g/mol. The molecule has 0 fully saturated rings. The number of nitrogens with one attached hydrogen (secondary N) is 1. The highest BCUT2D eigenvalue weighted by molar-refractivity contribution is 5.44. The number of nitrogen functional groups attached to an aromatic ring is 1. The summed E-state index contributed by atoms with van der Waals surface area (Å²) >= 11 is 0. The van der Waals surface area contributed by atoms with Gasteiger partial charge in [-0.1, -0.05) is 6.07 Å². The Morgan fingerprint density at radius 2 is 2.06 bits per heavy atom. The first-order chi connectivity index (χ1) is 7.75. The molecule has 0 aliphatic carbocycles. The van der Waals surface area contributed by atoms with Gasteiger partial charge in [0.1, 0.15) is 5.82 Å². The third kappa shape index (κ3) is 2.48. The van der Waals surface area contributed by atoms with Crippen molar-refractivity contribution in [3.8, 4) is 0 Å². The molecule has 4 nitrogen and oxygen atoms in total. The molecule has 0 bridgehead atoms. The summed E-state index contributed by atoms with van der Waals surface area (Å²) in [6.07, 6.45) is 3.41. The molecule has 2 aromatic rings. The normalized spacial score (nSPS) is 12.1. The lowest BCUT2D eigenvalue weighted by molar-refractivity contribution is 0.832. The first-order valence-corrected chi connectivity index (χ1v) is 5.15. The second-order valence-corrected chi connectivity index (χ2v) is 3.60. The molecule has 1 atom stereocenters. The molecular formula is C12H14N4. The van der Waals surface area contributed by atoms with Gasteiger partial charge in [0.05, 0.1) is 23.6 Å². The molecule has 82 valence electrons. The van der Waals surface area contributed by atoms with Crippen LogP contribution < -0.4 is 11.1 Å². The Kier molecular flexibility index (Phi) is 3.00. The summed E-state index contributed by atoms with van der Waals surface area (Å²) in [5.41, 5.74) is 7.22. The molecule has 0 spiro atoms. The van der Waals surface area contributed by atoms with Crippen LogP contribution in [0.3, 0.4) is 0 Å². The van der Waals surface area contributed by atoms with Crippen LogP contribution in [-0.4, -0.2) is 9.97 Å². The summed E-state index contributed by atoms with van der Waals surface area (Å²) in [6, 6.07) is 9.65. The predicted octanol–water partition coefficient (Wildman–Crippen LogP) is 2.23. The molecule has 1 unspecified atom stereocenters. The van der Waals surface area contributed by atoms with Crippen molar-refractivity contribution < 1.29 is 0 Å². The lowest BCUT2D eigenvalue weighted by Crippen LogP contribution is -2.09. The first-order valence-electron chi connectivity index (χ1n) is 5.15. The molecule has 16 heavy (non-hydrogen) atoms. The lowest BCUT2D eigenvalue weighted by atomic mass is 10.2. The van der Waals surface area contributed by atoms with E-state index in [1.54, 1.807) is 12.4 Å². The summed E-state index contributed by atoms with van der Waals surface area (Å²) in [7, 11) is 0. The average molecular weight is 214 g/mol. The monoisotopic (exact) mass is 214 g/mol. The van der Waals surface area contributed by atoms with Crippen molar-refractivity contribution in [2.75, 3.05) is 11.1 Å². The molecule has 0 aromatic carbocycles. The van der Waals surface area contributed by atoms with Crippen molar-refractivity contribution in [1.82, 2.24) is 9.97 Å². The molecule has 0 radical (unpaired) electrons. The highest BCUT2D eigenvalue weighted by atomic mass is 15.0. The van der Waals surface area contributed by atoms with Gasteiger partial charge >= 0.3 is 0 Å². The number of nitrogens with two attached hydrogens (primary N) is 1. The Hall–Kier alpha value is -2.10. The Morgan fingerprint density at radius 1 is 1.19 bits per heavy atom. The quantitative estimate of drug-likeness (QED) is 0.822. The SMILES string of the molecule is CC(Nc1ccc(N)cn1)c1ccccn1. The van der Waals surface area contributed by atoms with Gasteiger partial charge in [0.25, 0.3) is 0 Å². The number of aromatic nitrogens is 2. The van der Waals surface area contributed by atoms with Crippen LogP contribution in [0.25, 0.3) is 0 Å². The van der Waals surface area contributed by atoms with Crippen molar-refractivity contribution >= 4 is 11.5 Å². The molecule has 0 saturated carbocycles. The standard InChI is InChI=1S/C12H14N4/c1-9(11-4-2-3-7-14-11)16-12-6-5-10(13)8-15-12/h2-9H,13H2,1H3,(H,15,16). The van der Waals surface area contributed by atoms with E-state index < -0.39 is 0 Å². The van der Waals surface area contributed by atoms with Crippen LogP contribution in [0.15, 0.2) is 42.7 Å². The van der Waals surface area contributed by atoms with Gasteiger partial charge in [-0.2, -0.15) is 0 Å². The van der Waals surface area contributed by atoms with Crippen LogP contribution >= 0.6 is 0 Å². The predicted molar refractivity (Wildman–Crippen MR) is 64.9 cm³/mol. The third-order valence-corrected chi connectivity index (χ3v) is 2.28. The van der Waals surface area contributed by atoms with Crippen LogP contribution in [-0.2, 0) is 0 Å². The topological polar surface area (TPSA) is 63.8 Å². The maximum absolute atomic E-state index is 5.57. The van der Waals surface area contributed by atoms with Gasteiger partial charge in [-0.15, -0.1) is 0 Å². The Balaban J connectivity index is 2.08. The summed E-state index contributed by atoms with van der Waals surface area (Å²) in [5.74, 6) is 0.798. The molecule has 0 saturated heterocycles. The minimum Gasteiger partial charge on any atom is -0.397 e. The summed E-state index contributed by atoms with van der Waals surface area (Å²) in [5, 5.41) is 3.26. The van der Waals surface area contributed by atoms with E-state index in [1.807, 2.05) is 37.3 Å². The number of rotatable bonds is 3.